The third-order valence-corrected chi connectivity index (χ3v) is 6.44. The Hall–Kier alpha value is -0.570. The van der Waals surface area contributed by atoms with Crippen LogP contribution in [0.2, 0.25) is 0 Å². The third-order valence-electron chi connectivity index (χ3n) is 6.44. The summed E-state index contributed by atoms with van der Waals surface area (Å²) in [5.41, 5.74) is -0.199. The first kappa shape index (κ1) is 25.5. The number of nitrogens with one attached hydrogen (secondary N) is 2. The molecule has 6 nitrogen and oxygen atoms in total. The van der Waals surface area contributed by atoms with Gasteiger partial charge in [-0.1, -0.05) is 19.8 Å². The fourth-order valence-corrected chi connectivity index (χ4v) is 4.62. The van der Waals surface area contributed by atoms with Crippen LogP contribution in [0.3, 0.4) is 0 Å². The number of piperidine rings is 1. The zero-order chi connectivity index (χ0) is 20.1. The van der Waals surface area contributed by atoms with Gasteiger partial charge in [0.1, 0.15) is 0 Å². The lowest BCUT2D eigenvalue weighted by atomic mass is 9.84. The van der Waals surface area contributed by atoms with E-state index >= 15 is 0 Å². The van der Waals surface area contributed by atoms with E-state index in [1.165, 1.54) is 25.9 Å². The van der Waals surface area contributed by atoms with Crippen LogP contribution in [0.15, 0.2) is 4.99 Å². The average Bonchev–Trinajstić information content (AvgIpc) is 3.11. The van der Waals surface area contributed by atoms with Crippen LogP contribution in [0.4, 0.5) is 0 Å². The van der Waals surface area contributed by atoms with Crippen molar-refractivity contribution in [2.75, 3.05) is 47.3 Å². The smallest absolute Gasteiger partial charge is 0.230 e. The maximum absolute atomic E-state index is 12.7. The van der Waals surface area contributed by atoms with Crippen molar-refractivity contribution < 1.29 is 4.79 Å². The molecule has 1 heterocycles. The number of carbonyl (C=O) groups excluding carboxylic acids is 1. The summed E-state index contributed by atoms with van der Waals surface area (Å²) in [6.45, 7) is 10.8. The zero-order valence-electron chi connectivity index (χ0n) is 18.8. The van der Waals surface area contributed by atoms with Gasteiger partial charge in [-0.3, -0.25) is 14.7 Å². The molecule has 1 unspecified atom stereocenters. The molecule has 2 aliphatic rings. The molecule has 0 spiro atoms. The summed E-state index contributed by atoms with van der Waals surface area (Å²) in [6, 6.07) is 0. The molecule has 0 bridgehead atoms. The molecule has 0 aromatic heterocycles. The van der Waals surface area contributed by atoms with Crippen molar-refractivity contribution in [2.24, 2.45) is 16.3 Å². The molecule has 1 saturated heterocycles. The number of rotatable bonds is 6. The molecule has 0 aromatic carbocycles. The maximum atomic E-state index is 12.7. The lowest BCUT2D eigenvalue weighted by molar-refractivity contribution is -0.138. The molecule has 0 aromatic rings. The van der Waals surface area contributed by atoms with E-state index in [1.54, 1.807) is 11.9 Å². The van der Waals surface area contributed by atoms with Crippen LogP contribution in [-0.2, 0) is 4.79 Å². The van der Waals surface area contributed by atoms with E-state index in [2.05, 4.69) is 41.3 Å². The normalized spacial score (nSPS) is 23.1. The minimum absolute atomic E-state index is 0. The number of hydrogen-bond acceptors (Lipinski definition) is 3. The Kier molecular flexibility index (Phi) is 10.00. The Morgan fingerprint density at radius 2 is 1.86 bits per heavy atom. The highest BCUT2D eigenvalue weighted by Gasteiger charge is 2.42. The average molecular weight is 508 g/mol. The number of guanidine groups is 1. The van der Waals surface area contributed by atoms with Crippen molar-refractivity contribution in [1.82, 2.24) is 20.4 Å². The van der Waals surface area contributed by atoms with Crippen molar-refractivity contribution in [3.05, 3.63) is 0 Å². The molecule has 1 amide bonds. The summed E-state index contributed by atoms with van der Waals surface area (Å²) in [5.74, 6) is 1.81. The summed E-state index contributed by atoms with van der Waals surface area (Å²) < 4.78 is 0. The highest BCUT2D eigenvalue weighted by atomic mass is 127. The van der Waals surface area contributed by atoms with Crippen LogP contribution in [0.5, 0.6) is 0 Å². The second kappa shape index (κ2) is 11.0. The van der Waals surface area contributed by atoms with E-state index in [1.807, 2.05) is 14.1 Å². The van der Waals surface area contributed by atoms with Crippen LogP contribution < -0.4 is 10.6 Å². The standard InChI is InChI=1S/C21H41N5O.HI/c1-17-10-9-13-26(14-17)20(2,3)15-23-19(22-4)24-16-21(11-7-8-12-21)18(27)25(5)6;/h17H,7-16H2,1-6H3,(H2,22,23,24);1H. The molecule has 7 heteroatoms. The SMILES string of the molecule is CN=C(NCC1(C(=O)N(C)C)CCCC1)NCC(C)(C)N1CCCC(C)C1.I. The van der Waals surface area contributed by atoms with E-state index in [0.29, 0.717) is 6.54 Å². The van der Waals surface area contributed by atoms with Gasteiger partial charge < -0.3 is 15.5 Å². The summed E-state index contributed by atoms with van der Waals surface area (Å²) in [4.78, 5) is 21.5. The number of amides is 1. The Labute approximate surface area is 189 Å². The lowest BCUT2D eigenvalue weighted by Crippen LogP contribution is -2.56. The Morgan fingerprint density at radius 3 is 2.39 bits per heavy atom. The van der Waals surface area contributed by atoms with E-state index in [-0.39, 0.29) is 40.8 Å². The quantitative estimate of drug-likeness (QED) is 0.330. The molecular formula is C21H42IN5O. The van der Waals surface area contributed by atoms with Crippen molar-refractivity contribution in [3.8, 4) is 0 Å². The molecule has 2 fully saturated rings. The number of carbonyl (C=O) groups is 1. The van der Waals surface area contributed by atoms with Gasteiger partial charge >= 0.3 is 0 Å². The van der Waals surface area contributed by atoms with Gasteiger partial charge in [-0.05, 0) is 52.0 Å². The summed E-state index contributed by atoms with van der Waals surface area (Å²) in [7, 11) is 5.52. The lowest BCUT2D eigenvalue weighted by Gasteiger charge is -2.43. The molecular weight excluding hydrogens is 465 g/mol. The highest BCUT2D eigenvalue weighted by Crippen LogP contribution is 2.38. The minimum Gasteiger partial charge on any atom is -0.355 e. The zero-order valence-corrected chi connectivity index (χ0v) is 21.1. The fourth-order valence-electron chi connectivity index (χ4n) is 4.62. The van der Waals surface area contributed by atoms with Gasteiger partial charge in [0, 0.05) is 46.3 Å². The second-order valence-electron chi connectivity index (χ2n) is 9.47. The monoisotopic (exact) mass is 507 g/mol. The third kappa shape index (κ3) is 6.47. The second-order valence-corrected chi connectivity index (χ2v) is 9.47. The van der Waals surface area contributed by atoms with Crippen molar-refractivity contribution >= 4 is 35.8 Å². The molecule has 1 aliphatic heterocycles. The van der Waals surface area contributed by atoms with Crippen LogP contribution in [0.1, 0.15) is 59.3 Å². The van der Waals surface area contributed by atoms with Crippen LogP contribution in [0, 0.1) is 11.3 Å². The van der Waals surface area contributed by atoms with E-state index in [9.17, 15) is 4.79 Å². The summed E-state index contributed by atoms with van der Waals surface area (Å²) >= 11 is 0. The van der Waals surface area contributed by atoms with Crippen LogP contribution >= 0.6 is 24.0 Å². The van der Waals surface area contributed by atoms with Crippen molar-refractivity contribution in [2.45, 2.75) is 64.8 Å². The molecule has 2 N–H and O–H groups in total. The van der Waals surface area contributed by atoms with Crippen LogP contribution in [-0.4, -0.2) is 74.5 Å². The van der Waals surface area contributed by atoms with E-state index in [4.69, 9.17) is 0 Å². The molecule has 164 valence electrons. The maximum Gasteiger partial charge on any atom is 0.230 e. The predicted octanol–water partition coefficient (Wildman–Crippen LogP) is 2.93. The number of likely N-dealkylation sites (tertiary alicyclic amines) is 1. The molecule has 28 heavy (non-hydrogen) atoms. The molecule has 1 saturated carbocycles. The van der Waals surface area contributed by atoms with Gasteiger partial charge in [0.25, 0.3) is 0 Å². The molecule has 2 rings (SSSR count). The Bertz CT molecular complexity index is 529. The Morgan fingerprint density at radius 1 is 1.21 bits per heavy atom. The van der Waals surface area contributed by atoms with Crippen molar-refractivity contribution in [1.29, 1.82) is 0 Å². The molecule has 1 atom stereocenters. The number of aliphatic imine (C=N–C) groups is 1. The Balaban J connectivity index is 0.00000392. The molecule has 1 aliphatic carbocycles. The fraction of sp³-hybridized carbons (Fsp3) is 0.905. The number of hydrogen-bond donors (Lipinski definition) is 2. The topological polar surface area (TPSA) is 60.0 Å². The van der Waals surface area contributed by atoms with Gasteiger partial charge in [0.2, 0.25) is 5.91 Å². The van der Waals surface area contributed by atoms with Gasteiger partial charge in [0.05, 0.1) is 5.41 Å². The first-order valence-electron chi connectivity index (χ1n) is 10.6. The first-order valence-corrected chi connectivity index (χ1v) is 10.6. The van der Waals surface area contributed by atoms with Gasteiger partial charge in [0.15, 0.2) is 5.96 Å². The number of nitrogens with zero attached hydrogens (tertiary/aromatic N) is 3. The van der Waals surface area contributed by atoms with Gasteiger partial charge in [-0.25, -0.2) is 0 Å². The largest absolute Gasteiger partial charge is 0.355 e. The van der Waals surface area contributed by atoms with Crippen molar-refractivity contribution in [3.63, 3.8) is 0 Å². The highest BCUT2D eigenvalue weighted by molar-refractivity contribution is 14.0. The van der Waals surface area contributed by atoms with E-state index in [0.717, 1.165) is 44.1 Å². The minimum atomic E-state index is -0.279. The van der Waals surface area contributed by atoms with Gasteiger partial charge in [-0.15, -0.1) is 24.0 Å². The van der Waals surface area contributed by atoms with Gasteiger partial charge in [-0.2, -0.15) is 0 Å². The summed E-state index contributed by atoms with van der Waals surface area (Å²) in [6.07, 6.45) is 6.81. The first-order chi connectivity index (χ1) is 12.7. The number of halogens is 1. The molecule has 0 radical (unpaired) electrons. The van der Waals surface area contributed by atoms with Crippen LogP contribution in [0.25, 0.3) is 0 Å². The predicted molar refractivity (Wildman–Crippen MR) is 128 cm³/mol. The van der Waals surface area contributed by atoms with E-state index < -0.39 is 0 Å². The summed E-state index contributed by atoms with van der Waals surface area (Å²) in [5, 5.41) is 6.95.